The van der Waals surface area contributed by atoms with Crippen LogP contribution in [0, 0.1) is 22.7 Å². The SMILES string of the molecule is CCCCCC1CCC(C23CCC(CCCC)(CC2)CC3)CC1. The maximum Gasteiger partial charge on any atom is -0.0269 e. The summed E-state index contributed by atoms with van der Waals surface area (Å²) in [6.07, 6.45) is 26.2. The van der Waals surface area contributed by atoms with Crippen molar-refractivity contribution >= 4 is 0 Å². The number of rotatable bonds is 8. The first-order valence-electron chi connectivity index (χ1n) is 11.2. The quantitative estimate of drug-likeness (QED) is 0.399. The zero-order valence-electron chi connectivity index (χ0n) is 16.2. The van der Waals surface area contributed by atoms with Crippen LogP contribution in [0.15, 0.2) is 0 Å². The van der Waals surface area contributed by atoms with Gasteiger partial charge in [-0.25, -0.2) is 0 Å². The average Bonchev–Trinajstić information content (AvgIpc) is 2.62. The van der Waals surface area contributed by atoms with Gasteiger partial charge in [-0.2, -0.15) is 0 Å². The van der Waals surface area contributed by atoms with E-state index in [1.807, 2.05) is 0 Å². The molecule has 4 aliphatic carbocycles. The lowest BCUT2D eigenvalue weighted by Crippen LogP contribution is -2.46. The van der Waals surface area contributed by atoms with Crippen molar-refractivity contribution in [3.05, 3.63) is 0 Å². The lowest BCUT2D eigenvalue weighted by molar-refractivity contribution is -0.0653. The molecule has 0 unspecified atom stereocenters. The minimum Gasteiger partial charge on any atom is -0.0654 e. The summed E-state index contributed by atoms with van der Waals surface area (Å²) in [5, 5.41) is 0. The molecule has 0 aromatic heterocycles. The first kappa shape index (κ1) is 17.8. The van der Waals surface area contributed by atoms with Crippen molar-refractivity contribution in [1.29, 1.82) is 0 Å². The molecule has 0 saturated heterocycles. The first-order valence-corrected chi connectivity index (χ1v) is 11.2. The molecule has 4 saturated carbocycles. The molecule has 4 rings (SSSR count). The molecule has 0 nitrogen and oxygen atoms in total. The fraction of sp³-hybridized carbons (Fsp3) is 1.00. The van der Waals surface area contributed by atoms with Crippen molar-refractivity contribution in [3.63, 3.8) is 0 Å². The van der Waals surface area contributed by atoms with E-state index in [0.717, 1.165) is 22.7 Å². The van der Waals surface area contributed by atoms with Gasteiger partial charge in [0.05, 0.1) is 0 Å². The van der Waals surface area contributed by atoms with Crippen LogP contribution in [0.1, 0.15) is 123 Å². The van der Waals surface area contributed by atoms with E-state index in [0.29, 0.717) is 0 Å². The lowest BCUT2D eigenvalue weighted by atomic mass is 9.47. The van der Waals surface area contributed by atoms with Gasteiger partial charge < -0.3 is 0 Å². The monoisotopic (exact) mass is 318 g/mol. The van der Waals surface area contributed by atoms with Crippen LogP contribution in [0.25, 0.3) is 0 Å². The van der Waals surface area contributed by atoms with Gasteiger partial charge in [-0.1, -0.05) is 65.2 Å². The Morgan fingerprint density at radius 3 is 1.87 bits per heavy atom. The van der Waals surface area contributed by atoms with Crippen LogP contribution < -0.4 is 0 Å². The van der Waals surface area contributed by atoms with Gasteiger partial charge in [0.1, 0.15) is 0 Å². The zero-order chi connectivity index (χ0) is 16.2. The van der Waals surface area contributed by atoms with Gasteiger partial charge in [0.25, 0.3) is 0 Å². The summed E-state index contributed by atoms with van der Waals surface area (Å²) in [4.78, 5) is 0. The highest BCUT2D eigenvalue weighted by atomic mass is 14.6. The highest BCUT2D eigenvalue weighted by Gasteiger charge is 2.51. The molecule has 0 atom stereocenters. The molecule has 23 heavy (non-hydrogen) atoms. The van der Waals surface area contributed by atoms with E-state index in [1.165, 1.54) is 38.5 Å². The Bertz CT molecular complexity index is 323. The van der Waals surface area contributed by atoms with Crippen LogP contribution in [0.4, 0.5) is 0 Å². The second kappa shape index (κ2) is 7.92. The smallest absolute Gasteiger partial charge is 0.0269 e. The Hall–Kier alpha value is 0. The van der Waals surface area contributed by atoms with Gasteiger partial charge in [0.2, 0.25) is 0 Å². The molecule has 0 spiro atoms. The molecule has 134 valence electrons. The first-order chi connectivity index (χ1) is 11.2. The zero-order valence-corrected chi connectivity index (χ0v) is 16.2. The van der Waals surface area contributed by atoms with Crippen molar-refractivity contribution < 1.29 is 0 Å². The summed E-state index contributed by atoms with van der Waals surface area (Å²) in [5.74, 6) is 2.19. The molecule has 0 amide bonds. The van der Waals surface area contributed by atoms with Crippen molar-refractivity contribution in [2.75, 3.05) is 0 Å². The van der Waals surface area contributed by atoms with Gasteiger partial charge in [0, 0.05) is 0 Å². The summed E-state index contributed by atoms with van der Waals surface area (Å²) in [5.41, 5.74) is 1.61. The highest BCUT2D eigenvalue weighted by molar-refractivity contribution is 5.02. The van der Waals surface area contributed by atoms with Crippen molar-refractivity contribution in [3.8, 4) is 0 Å². The lowest BCUT2D eigenvalue weighted by Gasteiger charge is -2.58. The minimum atomic E-state index is 0.801. The van der Waals surface area contributed by atoms with E-state index in [4.69, 9.17) is 0 Å². The maximum absolute atomic E-state index is 2.37. The van der Waals surface area contributed by atoms with E-state index in [2.05, 4.69) is 13.8 Å². The van der Waals surface area contributed by atoms with Gasteiger partial charge in [-0.05, 0) is 80.5 Å². The second-order valence-electron chi connectivity index (χ2n) is 9.68. The van der Waals surface area contributed by atoms with Crippen molar-refractivity contribution in [2.45, 2.75) is 123 Å². The molecule has 0 aromatic rings. The normalized spacial score (nSPS) is 40.4. The molecule has 2 bridgehead atoms. The molecule has 0 aliphatic heterocycles. The van der Waals surface area contributed by atoms with Crippen LogP contribution in [0.5, 0.6) is 0 Å². The third-order valence-corrected chi connectivity index (χ3v) is 8.45. The Balaban J connectivity index is 1.47. The van der Waals surface area contributed by atoms with Gasteiger partial charge in [-0.3, -0.25) is 0 Å². The third kappa shape index (κ3) is 3.98. The Morgan fingerprint density at radius 1 is 0.696 bits per heavy atom. The van der Waals surface area contributed by atoms with E-state index in [9.17, 15) is 0 Å². The molecule has 0 heterocycles. The van der Waals surface area contributed by atoms with E-state index in [1.54, 1.807) is 70.6 Å². The third-order valence-electron chi connectivity index (χ3n) is 8.45. The Labute approximate surface area is 146 Å². The van der Waals surface area contributed by atoms with Crippen LogP contribution in [0.3, 0.4) is 0 Å². The van der Waals surface area contributed by atoms with Gasteiger partial charge in [-0.15, -0.1) is 0 Å². The summed E-state index contributed by atoms with van der Waals surface area (Å²) in [6, 6.07) is 0. The van der Waals surface area contributed by atoms with E-state index in [-0.39, 0.29) is 0 Å². The van der Waals surface area contributed by atoms with Crippen LogP contribution in [0.2, 0.25) is 0 Å². The van der Waals surface area contributed by atoms with E-state index < -0.39 is 0 Å². The molecule has 0 heteroatoms. The number of fused-ring (bicyclic) bond motifs is 3. The summed E-state index contributed by atoms with van der Waals surface area (Å²) in [6.45, 7) is 4.70. The van der Waals surface area contributed by atoms with Crippen LogP contribution >= 0.6 is 0 Å². The topological polar surface area (TPSA) is 0 Å². The Morgan fingerprint density at radius 2 is 1.30 bits per heavy atom. The van der Waals surface area contributed by atoms with Crippen molar-refractivity contribution in [2.24, 2.45) is 22.7 Å². The molecular weight excluding hydrogens is 276 g/mol. The predicted octanol–water partition coefficient (Wildman–Crippen LogP) is 7.90. The summed E-state index contributed by atoms with van der Waals surface area (Å²) < 4.78 is 0. The van der Waals surface area contributed by atoms with Gasteiger partial charge in [0.15, 0.2) is 0 Å². The summed E-state index contributed by atoms with van der Waals surface area (Å²) >= 11 is 0. The summed E-state index contributed by atoms with van der Waals surface area (Å²) in [7, 11) is 0. The van der Waals surface area contributed by atoms with Crippen molar-refractivity contribution in [1.82, 2.24) is 0 Å². The molecule has 0 N–H and O–H groups in total. The average molecular weight is 319 g/mol. The van der Waals surface area contributed by atoms with E-state index >= 15 is 0 Å². The number of hydrogen-bond donors (Lipinski definition) is 0. The van der Waals surface area contributed by atoms with Gasteiger partial charge >= 0.3 is 0 Å². The number of hydrogen-bond acceptors (Lipinski definition) is 0. The predicted molar refractivity (Wildman–Crippen MR) is 102 cm³/mol. The molecule has 0 radical (unpaired) electrons. The Kier molecular flexibility index (Phi) is 6.13. The molecular formula is C23H42. The van der Waals surface area contributed by atoms with Crippen LogP contribution in [-0.4, -0.2) is 0 Å². The standard InChI is InChI=1S/C23H42/c1-3-5-7-8-20-9-11-21(12-10-20)23-17-14-22(15-18-23,16-19-23)13-6-4-2/h20-21H,3-19H2,1-2H3. The fourth-order valence-electron chi connectivity index (χ4n) is 6.58. The molecule has 0 aromatic carbocycles. The number of unbranched alkanes of at least 4 members (excludes halogenated alkanes) is 3. The van der Waals surface area contributed by atoms with Crippen LogP contribution in [-0.2, 0) is 0 Å². The molecule has 4 aliphatic rings. The maximum atomic E-state index is 2.37. The second-order valence-corrected chi connectivity index (χ2v) is 9.68. The minimum absolute atomic E-state index is 0.801. The fourth-order valence-corrected chi connectivity index (χ4v) is 6.58. The largest absolute Gasteiger partial charge is 0.0654 e. The highest BCUT2D eigenvalue weighted by Crippen LogP contribution is 2.63. The molecule has 4 fully saturated rings.